The summed E-state index contributed by atoms with van der Waals surface area (Å²) in [4.78, 5) is 0. The maximum atomic E-state index is 12.0. The number of hydrogen-bond donors (Lipinski definition) is 1. The van der Waals surface area contributed by atoms with Gasteiger partial charge in [0.25, 0.3) is 0 Å². The molecular formula is C7H7ClFN. The highest BCUT2D eigenvalue weighted by Gasteiger charge is 1.97. The highest BCUT2D eigenvalue weighted by atomic mass is 35.5. The first-order valence-electron chi connectivity index (χ1n) is 2.84. The Hall–Kier alpha value is -0.760. The van der Waals surface area contributed by atoms with Crippen LogP contribution in [0.3, 0.4) is 0 Å². The monoisotopic (exact) mass is 159 g/mol. The Morgan fingerprint density at radius 1 is 1.50 bits per heavy atom. The summed E-state index contributed by atoms with van der Waals surface area (Å²) < 4.78 is 12.0. The summed E-state index contributed by atoms with van der Waals surface area (Å²) >= 11 is 5.57. The first kappa shape index (κ1) is 7.35. The third-order valence-electron chi connectivity index (χ3n) is 1.25. The van der Waals surface area contributed by atoms with E-state index >= 15 is 0 Å². The molecule has 0 saturated heterocycles. The van der Waals surface area contributed by atoms with Crippen LogP contribution in [-0.4, -0.2) is 0 Å². The van der Waals surface area contributed by atoms with Gasteiger partial charge in [-0.25, -0.2) is 4.39 Å². The number of anilines is 1. The smallest absolute Gasteiger partial charge is 0.116 e. The Balaban J connectivity index is 3.07. The zero-order chi connectivity index (χ0) is 7.56. The van der Waals surface area contributed by atoms with Crippen LogP contribution in [0.5, 0.6) is 0 Å². The van der Waals surface area contributed by atoms with Crippen LogP contribution in [0, 0.1) is 0 Å². The van der Waals surface area contributed by atoms with E-state index in [1.165, 1.54) is 6.07 Å². The SMILES string of the molecule is Nc1cc(Cl)ccc1CF. The maximum absolute atomic E-state index is 12.0. The van der Waals surface area contributed by atoms with Crippen LogP contribution in [0.1, 0.15) is 5.56 Å². The highest BCUT2D eigenvalue weighted by molar-refractivity contribution is 6.30. The molecule has 0 aliphatic carbocycles. The number of rotatable bonds is 1. The van der Waals surface area contributed by atoms with Crippen LogP contribution in [0.25, 0.3) is 0 Å². The molecule has 0 bridgehead atoms. The second-order valence-corrected chi connectivity index (χ2v) is 2.41. The minimum atomic E-state index is -0.539. The van der Waals surface area contributed by atoms with E-state index < -0.39 is 6.67 Å². The summed E-state index contributed by atoms with van der Waals surface area (Å²) in [5.74, 6) is 0. The Labute approximate surface area is 63.6 Å². The van der Waals surface area contributed by atoms with Gasteiger partial charge in [0.05, 0.1) is 0 Å². The third-order valence-corrected chi connectivity index (χ3v) is 1.49. The van der Waals surface area contributed by atoms with Gasteiger partial charge in [0, 0.05) is 16.3 Å². The van der Waals surface area contributed by atoms with Crippen molar-refractivity contribution < 1.29 is 4.39 Å². The Morgan fingerprint density at radius 2 is 2.20 bits per heavy atom. The van der Waals surface area contributed by atoms with Crippen molar-refractivity contribution in [1.82, 2.24) is 0 Å². The number of halogens is 2. The average Bonchev–Trinajstić information content (AvgIpc) is 1.88. The molecule has 0 unspecified atom stereocenters. The van der Waals surface area contributed by atoms with E-state index in [1.807, 2.05) is 0 Å². The van der Waals surface area contributed by atoms with Gasteiger partial charge in [-0.15, -0.1) is 0 Å². The Morgan fingerprint density at radius 3 is 2.70 bits per heavy atom. The zero-order valence-corrected chi connectivity index (χ0v) is 6.03. The number of nitrogen functional groups attached to an aromatic ring is 1. The molecule has 1 nitrogen and oxygen atoms in total. The molecular weight excluding hydrogens is 153 g/mol. The average molecular weight is 160 g/mol. The molecule has 0 heterocycles. The minimum absolute atomic E-state index is 0.412. The first-order chi connectivity index (χ1) is 4.74. The second kappa shape index (κ2) is 2.88. The van der Waals surface area contributed by atoms with Crippen LogP contribution in [0.2, 0.25) is 5.02 Å². The molecule has 10 heavy (non-hydrogen) atoms. The molecule has 0 radical (unpaired) electrons. The first-order valence-corrected chi connectivity index (χ1v) is 3.21. The molecule has 0 saturated carbocycles. The zero-order valence-electron chi connectivity index (χ0n) is 5.27. The quantitative estimate of drug-likeness (QED) is 0.626. The van der Waals surface area contributed by atoms with Crippen molar-refractivity contribution in [2.45, 2.75) is 6.67 Å². The van der Waals surface area contributed by atoms with Crippen molar-refractivity contribution in [3.8, 4) is 0 Å². The van der Waals surface area contributed by atoms with Gasteiger partial charge in [0.1, 0.15) is 6.67 Å². The Bertz CT molecular complexity index is 237. The summed E-state index contributed by atoms with van der Waals surface area (Å²) in [6.07, 6.45) is 0. The number of nitrogens with two attached hydrogens (primary N) is 1. The molecule has 1 aromatic carbocycles. The van der Waals surface area contributed by atoms with Gasteiger partial charge < -0.3 is 5.73 Å². The van der Waals surface area contributed by atoms with Gasteiger partial charge >= 0.3 is 0 Å². The molecule has 0 fully saturated rings. The molecule has 0 amide bonds. The maximum Gasteiger partial charge on any atom is 0.116 e. The van der Waals surface area contributed by atoms with Crippen molar-refractivity contribution in [3.05, 3.63) is 28.8 Å². The number of hydrogen-bond acceptors (Lipinski definition) is 1. The molecule has 0 aromatic heterocycles. The van der Waals surface area contributed by atoms with Crippen LogP contribution in [0.4, 0.5) is 10.1 Å². The van der Waals surface area contributed by atoms with Gasteiger partial charge in [-0.1, -0.05) is 17.7 Å². The van der Waals surface area contributed by atoms with Gasteiger partial charge in [0.2, 0.25) is 0 Å². The minimum Gasteiger partial charge on any atom is -0.398 e. The van der Waals surface area contributed by atoms with E-state index in [4.69, 9.17) is 17.3 Å². The molecule has 0 atom stereocenters. The van der Waals surface area contributed by atoms with Gasteiger partial charge in [-0.2, -0.15) is 0 Å². The van der Waals surface area contributed by atoms with Crippen molar-refractivity contribution in [1.29, 1.82) is 0 Å². The lowest BCUT2D eigenvalue weighted by atomic mass is 10.2. The van der Waals surface area contributed by atoms with Gasteiger partial charge in [-0.3, -0.25) is 0 Å². The van der Waals surface area contributed by atoms with Gasteiger partial charge in [0.15, 0.2) is 0 Å². The molecule has 3 heteroatoms. The van der Waals surface area contributed by atoms with E-state index in [0.29, 0.717) is 16.3 Å². The molecule has 0 aliphatic heterocycles. The van der Waals surface area contributed by atoms with Crippen LogP contribution < -0.4 is 5.73 Å². The van der Waals surface area contributed by atoms with E-state index in [1.54, 1.807) is 12.1 Å². The van der Waals surface area contributed by atoms with E-state index in [0.717, 1.165) is 0 Å². The fraction of sp³-hybridized carbons (Fsp3) is 0.143. The summed E-state index contributed by atoms with van der Waals surface area (Å²) in [6.45, 7) is -0.539. The predicted octanol–water partition coefficient (Wildman–Crippen LogP) is 2.39. The fourth-order valence-electron chi connectivity index (χ4n) is 0.687. The standard InChI is InChI=1S/C7H7ClFN/c8-6-2-1-5(4-9)7(10)3-6/h1-3H,4,10H2. The Kier molecular flexibility index (Phi) is 2.12. The van der Waals surface area contributed by atoms with Crippen molar-refractivity contribution in [2.75, 3.05) is 5.73 Å². The lowest BCUT2D eigenvalue weighted by molar-refractivity contribution is 0.486. The van der Waals surface area contributed by atoms with E-state index in [-0.39, 0.29) is 0 Å². The second-order valence-electron chi connectivity index (χ2n) is 1.98. The summed E-state index contributed by atoms with van der Waals surface area (Å²) in [6, 6.07) is 4.74. The largest absolute Gasteiger partial charge is 0.398 e. The van der Waals surface area contributed by atoms with E-state index in [9.17, 15) is 4.39 Å². The number of benzene rings is 1. The molecule has 1 aromatic rings. The van der Waals surface area contributed by atoms with Gasteiger partial charge in [-0.05, 0) is 12.1 Å². The molecule has 0 aliphatic rings. The summed E-state index contributed by atoms with van der Waals surface area (Å²) in [7, 11) is 0. The summed E-state index contributed by atoms with van der Waals surface area (Å²) in [5, 5.41) is 0.537. The molecule has 1 rings (SSSR count). The van der Waals surface area contributed by atoms with E-state index in [2.05, 4.69) is 0 Å². The lowest BCUT2D eigenvalue weighted by Crippen LogP contribution is -1.90. The van der Waals surface area contributed by atoms with Crippen molar-refractivity contribution >= 4 is 17.3 Å². The molecule has 54 valence electrons. The highest BCUT2D eigenvalue weighted by Crippen LogP contribution is 2.18. The fourth-order valence-corrected chi connectivity index (χ4v) is 0.868. The van der Waals surface area contributed by atoms with Crippen LogP contribution in [0.15, 0.2) is 18.2 Å². The van der Waals surface area contributed by atoms with Crippen molar-refractivity contribution in [2.24, 2.45) is 0 Å². The lowest BCUT2D eigenvalue weighted by Gasteiger charge is -1.99. The third kappa shape index (κ3) is 1.39. The normalized spacial score (nSPS) is 9.80. The van der Waals surface area contributed by atoms with Crippen LogP contribution in [-0.2, 0) is 6.67 Å². The molecule has 0 spiro atoms. The predicted molar refractivity (Wildman–Crippen MR) is 40.7 cm³/mol. The summed E-state index contributed by atoms with van der Waals surface area (Å²) in [5.41, 5.74) is 6.31. The number of alkyl halides is 1. The topological polar surface area (TPSA) is 26.0 Å². The molecule has 2 N–H and O–H groups in total. The van der Waals surface area contributed by atoms with Crippen molar-refractivity contribution in [3.63, 3.8) is 0 Å². The van der Waals surface area contributed by atoms with Crippen LogP contribution >= 0.6 is 11.6 Å².